The molecule has 1 fully saturated rings. The van der Waals surface area contributed by atoms with Crippen LogP contribution in [0.3, 0.4) is 0 Å². The fourth-order valence-corrected chi connectivity index (χ4v) is 3.67. The van der Waals surface area contributed by atoms with Crippen molar-refractivity contribution in [3.8, 4) is 11.6 Å². The van der Waals surface area contributed by atoms with Crippen LogP contribution in [0.4, 0.5) is 5.69 Å². The SMILES string of the molecule is O=C(NC1CC1)c1ccc(Oc2ccc(NS(=O)(=O)c3ccccc3)cn2)cc1. The lowest BCUT2D eigenvalue weighted by atomic mass is 10.2. The van der Waals surface area contributed by atoms with Crippen LogP contribution < -0.4 is 14.8 Å². The lowest BCUT2D eigenvalue weighted by Crippen LogP contribution is -2.25. The summed E-state index contributed by atoms with van der Waals surface area (Å²) in [7, 11) is -3.67. The zero-order valence-electron chi connectivity index (χ0n) is 15.4. The highest BCUT2D eigenvalue weighted by Gasteiger charge is 2.23. The molecule has 2 N–H and O–H groups in total. The minimum absolute atomic E-state index is 0.0905. The number of rotatable bonds is 7. The van der Waals surface area contributed by atoms with E-state index in [0.717, 1.165) is 12.8 Å². The molecular formula is C21H19N3O4S. The fraction of sp³-hybridized carbons (Fsp3) is 0.143. The van der Waals surface area contributed by atoms with Crippen LogP contribution in [0.1, 0.15) is 23.2 Å². The number of amides is 1. The van der Waals surface area contributed by atoms with Crippen LogP contribution in [0.15, 0.2) is 77.8 Å². The first-order valence-electron chi connectivity index (χ1n) is 9.12. The Morgan fingerprint density at radius 2 is 1.69 bits per heavy atom. The van der Waals surface area contributed by atoms with Crippen LogP contribution in [0, 0.1) is 0 Å². The Kier molecular flexibility index (Phi) is 5.18. The second-order valence-corrected chi connectivity index (χ2v) is 8.36. The summed E-state index contributed by atoms with van der Waals surface area (Å²) in [4.78, 5) is 16.3. The Labute approximate surface area is 168 Å². The van der Waals surface area contributed by atoms with Crippen molar-refractivity contribution >= 4 is 21.6 Å². The van der Waals surface area contributed by atoms with Crippen LogP contribution in [0.25, 0.3) is 0 Å². The van der Waals surface area contributed by atoms with Gasteiger partial charge in [-0.3, -0.25) is 9.52 Å². The van der Waals surface area contributed by atoms with Crippen molar-refractivity contribution in [2.75, 3.05) is 4.72 Å². The maximum Gasteiger partial charge on any atom is 0.261 e. The molecule has 29 heavy (non-hydrogen) atoms. The van der Waals surface area contributed by atoms with E-state index in [2.05, 4.69) is 15.0 Å². The number of carbonyl (C=O) groups excluding carboxylic acids is 1. The van der Waals surface area contributed by atoms with E-state index in [1.54, 1.807) is 54.6 Å². The van der Waals surface area contributed by atoms with Gasteiger partial charge in [0.15, 0.2) is 0 Å². The zero-order valence-corrected chi connectivity index (χ0v) is 16.2. The van der Waals surface area contributed by atoms with Crippen molar-refractivity contribution in [1.29, 1.82) is 0 Å². The molecule has 0 spiro atoms. The lowest BCUT2D eigenvalue weighted by Gasteiger charge is -2.09. The number of nitrogens with one attached hydrogen (secondary N) is 2. The van der Waals surface area contributed by atoms with Gasteiger partial charge < -0.3 is 10.1 Å². The minimum atomic E-state index is -3.67. The van der Waals surface area contributed by atoms with Gasteiger partial charge >= 0.3 is 0 Å². The Balaban J connectivity index is 1.38. The molecule has 3 aromatic rings. The molecule has 2 aromatic carbocycles. The van der Waals surface area contributed by atoms with E-state index < -0.39 is 10.0 Å². The van der Waals surface area contributed by atoms with Gasteiger partial charge in [0, 0.05) is 17.7 Å². The third-order valence-corrected chi connectivity index (χ3v) is 5.69. The van der Waals surface area contributed by atoms with E-state index in [1.165, 1.54) is 18.3 Å². The summed E-state index contributed by atoms with van der Waals surface area (Å²) in [6.07, 6.45) is 3.46. The number of hydrogen-bond donors (Lipinski definition) is 2. The van der Waals surface area contributed by atoms with Gasteiger partial charge in [-0.05, 0) is 55.3 Å². The first-order chi connectivity index (χ1) is 14.0. The maximum atomic E-state index is 12.3. The average Bonchev–Trinajstić information content (AvgIpc) is 3.54. The molecule has 8 heteroatoms. The summed E-state index contributed by atoms with van der Waals surface area (Å²) < 4.78 is 32.8. The smallest absolute Gasteiger partial charge is 0.261 e. The molecule has 0 radical (unpaired) electrons. The van der Waals surface area contributed by atoms with E-state index in [9.17, 15) is 13.2 Å². The zero-order chi connectivity index (χ0) is 20.3. The molecule has 4 rings (SSSR count). The van der Waals surface area contributed by atoms with E-state index in [0.29, 0.717) is 28.9 Å². The maximum absolute atomic E-state index is 12.3. The molecule has 1 aromatic heterocycles. The van der Waals surface area contributed by atoms with Crippen LogP contribution >= 0.6 is 0 Å². The van der Waals surface area contributed by atoms with Gasteiger partial charge in [-0.25, -0.2) is 13.4 Å². The summed E-state index contributed by atoms with van der Waals surface area (Å²) in [6.45, 7) is 0. The van der Waals surface area contributed by atoms with Crippen molar-refractivity contribution in [2.24, 2.45) is 0 Å². The molecule has 0 aliphatic heterocycles. The van der Waals surface area contributed by atoms with Crippen molar-refractivity contribution < 1.29 is 17.9 Å². The van der Waals surface area contributed by atoms with Crippen LogP contribution in [-0.2, 0) is 10.0 Å². The van der Waals surface area contributed by atoms with Gasteiger partial charge in [0.1, 0.15) is 5.75 Å². The average molecular weight is 409 g/mol. The van der Waals surface area contributed by atoms with E-state index >= 15 is 0 Å². The quantitative estimate of drug-likeness (QED) is 0.622. The summed E-state index contributed by atoms with van der Waals surface area (Å²) in [5.74, 6) is 0.744. The third kappa shape index (κ3) is 4.91. The normalized spacial score (nSPS) is 13.5. The van der Waals surface area contributed by atoms with E-state index in [1.807, 2.05) is 0 Å². The predicted octanol–water partition coefficient (Wildman–Crippen LogP) is 3.57. The molecule has 148 valence electrons. The Hall–Kier alpha value is -3.39. The molecule has 0 saturated heterocycles. The second-order valence-electron chi connectivity index (χ2n) is 6.68. The number of aromatic nitrogens is 1. The number of carbonyl (C=O) groups is 1. The van der Waals surface area contributed by atoms with Crippen molar-refractivity contribution in [3.63, 3.8) is 0 Å². The Bertz CT molecular complexity index is 1090. The number of hydrogen-bond acceptors (Lipinski definition) is 5. The highest BCUT2D eigenvalue weighted by atomic mass is 32.2. The predicted molar refractivity (Wildman–Crippen MR) is 108 cm³/mol. The number of ether oxygens (including phenoxy) is 1. The minimum Gasteiger partial charge on any atom is -0.439 e. The Morgan fingerprint density at radius 3 is 2.31 bits per heavy atom. The molecule has 1 aliphatic carbocycles. The molecule has 0 unspecified atom stereocenters. The number of nitrogens with zero attached hydrogens (tertiary/aromatic N) is 1. The molecule has 1 saturated carbocycles. The standard InChI is InChI=1S/C21H19N3O4S/c25-21(23-16-8-9-16)15-6-11-18(12-7-15)28-20-13-10-17(14-22-20)24-29(26,27)19-4-2-1-3-5-19/h1-7,10-14,16,24H,8-9H2,(H,23,25). The second kappa shape index (κ2) is 7.92. The summed E-state index contributed by atoms with van der Waals surface area (Å²) in [5.41, 5.74) is 0.899. The van der Waals surface area contributed by atoms with E-state index in [-0.39, 0.29) is 10.8 Å². The fourth-order valence-electron chi connectivity index (χ4n) is 2.61. The number of benzene rings is 2. The lowest BCUT2D eigenvalue weighted by molar-refractivity contribution is 0.0951. The van der Waals surface area contributed by atoms with Gasteiger partial charge in [-0.2, -0.15) is 0 Å². The van der Waals surface area contributed by atoms with Crippen molar-refractivity contribution in [2.45, 2.75) is 23.8 Å². The first-order valence-corrected chi connectivity index (χ1v) is 10.6. The number of sulfonamides is 1. The number of pyridine rings is 1. The highest BCUT2D eigenvalue weighted by Crippen LogP contribution is 2.23. The van der Waals surface area contributed by atoms with Gasteiger partial charge in [0.05, 0.1) is 16.8 Å². The summed E-state index contributed by atoms with van der Waals surface area (Å²) in [5, 5.41) is 2.93. The Morgan fingerprint density at radius 1 is 0.966 bits per heavy atom. The third-order valence-electron chi connectivity index (χ3n) is 4.29. The molecule has 1 amide bonds. The van der Waals surface area contributed by atoms with Crippen LogP contribution in [-0.4, -0.2) is 25.4 Å². The van der Waals surface area contributed by atoms with Crippen molar-refractivity contribution in [1.82, 2.24) is 10.3 Å². The summed E-state index contributed by atoms with van der Waals surface area (Å²) in [6, 6.07) is 18.3. The highest BCUT2D eigenvalue weighted by molar-refractivity contribution is 7.92. The molecule has 0 atom stereocenters. The van der Waals surface area contributed by atoms with Crippen molar-refractivity contribution in [3.05, 3.63) is 78.5 Å². The molecule has 1 heterocycles. The topological polar surface area (TPSA) is 97.4 Å². The first kappa shape index (κ1) is 18.9. The van der Waals surface area contributed by atoms with E-state index in [4.69, 9.17) is 4.74 Å². The van der Waals surface area contributed by atoms with Gasteiger partial charge in [0.2, 0.25) is 5.88 Å². The van der Waals surface area contributed by atoms with Crippen LogP contribution in [0.2, 0.25) is 0 Å². The monoisotopic (exact) mass is 409 g/mol. The molecule has 1 aliphatic rings. The van der Waals surface area contributed by atoms with Gasteiger partial charge in [-0.15, -0.1) is 0 Å². The largest absolute Gasteiger partial charge is 0.439 e. The van der Waals surface area contributed by atoms with Crippen LogP contribution in [0.5, 0.6) is 11.6 Å². The number of anilines is 1. The van der Waals surface area contributed by atoms with Gasteiger partial charge in [0.25, 0.3) is 15.9 Å². The molecule has 0 bridgehead atoms. The summed E-state index contributed by atoms with van der Waals surface area (Å²) >= 11 is 0. The molecule has 7 nitrogen and oxygen atoms in total. The van der Waals surface area contributed by atoms with Gasteiger partial charge in [-0.1, -0.05) is 18.2 Å². The molecular weight excluding hydrogens is 390 g/mol.